The van der Waals surface area contributed by atoms with E-state index < -0.39 is 0 Å². The lowest BCUT2D eigenvalue weighted by molar-refractivity contribution is 1.16. The maximum Gasteiger partial charge on any atom is 0.227 e. The Morgan fingerprint density at radius 1 is 0.840 bits per heavy atom. The summed E-state index contributed by atoms with van der Waals surface area (Å²) >= 11 is 7.47. The summed E-state index contributed by atoms with van der Waals surface area (Å²) in [7, 11) is 0. The van der Waals surface area contributed by atoms with E-state index >= 15 is 0 Å². The Morgan fingerprint density at radius 2 is 1.64 bits per heavy atom. The summed E-state index contributed by atoms with van der Waals surface area (Å²) < 4.78 is 0. The Labute approximate surface area is 154 Å². The Bertz CT molecular complexity index is 984. The van der Waals surface area contributed by atoms with Crippen molar-refractivity contribution < 1.29 is 0 Å². The van der Waals surface area contributed by atoms with Crippen molar-refractivity contribution in [3.8, 4) is 22.0 Å². The molecule has 4 rings (SSSR count). The normalized spacial score (nSPS) is 10.6. The van der Waals surface area contributed by atoms with Crippen LogP contribution in [0.3, 0.4) is 0 Å². The van der Waals surface area contributed by atoms with Crippen molar-refractivity contribution in [2.75, 3.05) is 5.32 Å². The van der Waals surface area contributed by atoms with Gasteiger partial charge in [-0.15, -0.1) is 11.3 Å². The Morgan fingerprint density at radius 3 is 2.44 bits per heavy atom. The molecular formula is C19H13ClN4S. The summed E-state index contributed by atoms with van der Waals surface area (Å²) in [5.74, 6) is 0.524. The zero-order valence-electron chi connectivity index (χ0n) is 13.1. The molecule has 0 unspecified atom stereocenters. The number of thiazole rings is 1. The van der Waals surface area contributed by atoms with Crippen LogP contribution >= 0.6 is 22.9 Å². The quantitative estimate of drug-likeness (QED) is 0.507. The molecule has 1 N–H and O–H groups in total. The van der Waals surface area contributed by atoms with Gasteiger partial charge in [-0.25, -0.2) is 15.0 Å². The van der Waals surface area contributed by atoms with E-state index in [9.17, 15) is 0 Å². The SMILES string of the molecule is Clc1ccc(Nc2nccc(-c3nc(-c4ccccc4)cs3)n2)cc1. The molecule has 0 atom stereocenters. The number of halogens is 1. The smallest absolute Gasteiger partial charge is 0.227 e. The predicted octanol–water partition coefficient (Wildman–Crippen LogP) is 5.66. The molecule has 25 heavy (non-hydrogen) atoms. The zero-order valence-corrected chi connectivity index (χ0v) is 14.6. The molecule has 2 aromatic heterocycles. The number of nitrogens with one attached hydrogen (secondary N) is 1. The van der Waals surface area contributed by atoms with E-state index in [1.165, 1.54) is 0 Å². The van der Waals surface area contributed by atoms with Crippen LogP contribution in [0.15, 0.2) is 72.2 Å². The molecule has 0 saturated carbocycles. The van der Waals surface area contributed by atoms with Gasteiger partial charge in [-0.05, 0) is 30.3 Å². The minimum Gasteiger partial charge on any atom is -0.324 e. The molecule has 0 fully saturated rings. The Balaban J connectivity index is 1.59. The molecule has 0 bridgehead atoms. The number of hydrogen-bond donors (Lipinski definition) is 1. The van der Waals surface area contributed by atoms with Gasteiger partial charge in [-0.2, -0.15) is 0 Å². The molecule has 0 spiro atoms. The number of nitrogens with zero attached hydrogens (tertiary/aromatic N) is 3. The monoisotopic (exact) mass is 364 g/mol. The van der Waals surface area contributed by atoms with Gasteiger partial charge in [0.15, 0.2) is 0 Å². The summed E-state index contributed by atoms with van der Waals surface area (Å²) in [5, 5.41) is 6.77. The summed E-state index contributed by atoms with van der Waals surface area (Å²) in [6.45, 7) is 0. The standard InChI is InChI=1S/C19H13ClN4S/c20-14-6-8-15(9-7-14)22-19-21-11-10-16(24-19)18-23-17(12-25-18)13-4-2-1-3-5-13/h1-12H,(H,21,22,24). The molecule has 4 nitrogen and oxygen atoms in total. The molecule has 2 heterocycles. The highest BCUT2D eigenvalue weighted by atomic mass is 35.5. The molecular weight excluding hydrogens is 352 g/mol. The van der Waals surface area contributed by atoms with E-state index in [1.807, 2.05) is 66.0 Å². The number of hydrogen-bond acceptors (Lipinski definition) is 5. The molecule has 0 aliphatic carbocycles. The van der Waals surface area contributed by atoms with Gasteiger partial charge in [0.2, 0.25) is 5.95 Å². The average molecular weight is 365 g/mol. The fraction of sp³-hybridized carbons (Fsp3) is 0. The maximum absolute atomic E-state index is 5.91. The lowest BCUT2D eigenvalue weighted by Gasteiger charge is -2.05. The van der Waals surface area contributed by atoms with Gasteiger partial charge in [0.05, 0.1) is 5.69 Å². The van der Waals surface area contributed by atoms with Crippen LogP contribution in [0.2, 0.25) is 5.02 Å². The van der Waals surface area contributed by atoms with Crippen molar-refractivity contribution >= 4 is 34.6 Å². The second kappa shape index (κ2) is 7.01. The van der Waals surface area contributed by atoms with E-state index in [2.05, 4.69) is 15.3 Å². The first-order chi connectivity index (χ1) is 12.3. The molecule has 4 aromatic rings. The number of rotatable bonds is 4. The molecule has 0 radical (unpaired) electrons. The first kappa shape index (κ1) is 15.7. The molecule has 6 heteroatoms. The van der Waals surface area contributed by atoms with Crippen LogP contribution in [0.25, 0.3) is 22.0 Å². The number of benzene rings is 2. The fourth-order valence-corrected chi connectivity index (χ4v) is 3.26. The minimum atomic E-state index is 0.524. The van der Waals surface area contributed by atoms with Gasteiger partial charge in [0.1, 0.15) is 10.7 Å². The summed E-state index contributed by atoms with van der Waals surface area (Å²) in [4.78, 5) is 13.5. The van der Waals surface area contributed by atoms with Crippen LogP contribution < -0.4 is 5.32 Å². The van der Waals surface area contributed by atoms with Crippen molar-refractivity contribution in [3.63, 3.8) is 0 Å². The largest absolute Gasteiger partial charge is 0.324 e. The van der Waals surface area contributed by atoms with Crippen LogP contribution in [-0.2, 0) is 0 Å². The molecule has 2 aromatic carbocycles. The third kappa shape index (κ3) is 3.68. The lowest BCUT2D eigenvalue weighted by Crippen LogP contribution is -1.97. The van der Waals surface area contributed by atoms with Crippen LogP contribution in [0, 0.1) is 0 Å². The highest BCUT2D eigenvalue weighted by Crippen LogP contribution is 2.28. The van der Waals surface area contributed by atoms with Crippen molar-refractivity contribution in [2.24, 2.45) is 0 Å². The number of aromatic nitrogens is 3. The number of anilines is 2. The maximum atomic E-state index is 5.91. The van der Waals surface area contributed by atoms with Crippen LogP contribution in [-0.4, -0.2) is 15.0 Å². The third-order valence-corrected chi connectivity index (χ3v) is 4.67. The fourth-order valence-electron chi connectivity index (χ4n) is 2.33. The van der Waals surface area contributed by atoms with Gasteiger partial charge in [0, 0.05) is 27.9 Å². The highest BCUT2D eigenvalue weighted by Gasteiger charge is 2.09. The molecule has 0 amide bonds. The van der Waals surface area contributed by atoms with E-state index in [1.54, 1.807) is 17.5 Å². The van der Waals surface area contributed by atoms with E-state index in [-0.39, 0.29) is 0 Å². The van der Waals surface area contributed by atoms with E-state index in [4.69, 9.17) is 16.6 Å². The summed E-state index contributed by atoms with van der Waals surface area (Å²) in [6.07, 6.45) is 1.73. The van der Waals surface area contributed by atoms with Gasteiger partial charge in [-0.1, -0.05) is 41.9 Å². The van der Waals surface area contributed by atoms with Gasteiger partial charge in [0.25, 0.3) is 0 Å². The summed E-state index contributed by atoms with van der Waals surface area (Å²) in [5.41, 5.74) is 3.72. The Kier molecular flexibility index (Phi) is 4.41. The van der Waals surface area contributed by atoms with Gasteiger partial charge < -0.3 is 5.32 Å². The second-order valence-corrected chi connectivity index (χ2v) is 6.60. The van der Waals surface area contributed by atoms with Crippen molar-refractivity contribution in [3.05, 3.63) is 77.3 Å². The molecule has 122 valence electrons. The lowest BCUT2D eigenvalue weighted by atomic mass is 10.2. The van der Waals surface area contributed by atoms with Crippen LogP contribution in [0.1, 0.15) is 0 Å². The van der Waals surface area contributed by atoms with Gasteiger partial charge >= 0.3 is 0 Å². The Hall–Kier alpha value is -2.76. The van der Waals surface area contributed by atoms with Gasteiger partial charge in [-0.3, -0.25) is 0 Å². The summed E-state index contributed by atoms with van der Waals surface area (Å²) in [6, 6.07) is 19.4. The zero-order chi connectivity index (χ0) is 17.1. The van der Waals surface area contributed by atoms with Crippen LogP contribution in [0.4, 0.5) is 11.6 Å². The minimum absolute atomic E-state index is 0.524. The molecule has 0 saturated heterocycles. The van der Waals surface area contributed by atoms with E-state index in [0.29, 0.717) is 11.0 Å². The van der Waals surface area contributed by atoms with Crippen LogP contribution in [0.5, 0.6) is 0 Å². The van der Waals surface area contributed by atoms with Crippen molar-refractivity contribution in [1.29, 1.82) is 0 Å². The predicted molar refractivity (Wildman–Crippen MR) is 103 cm³/mol. The average Bonchev–Trinajstić information content (AvgIpc) is 3.15. The van der Waals surface area contributed by atoms with Crippen molar-refractivity contribution in [2.45, 2.75) is 0 Å². The third-order valence-electron chi connectivity index (χ3n) is 3.55. The highest BCUT2D eigenvalue weighted by molar-refractivity contribution is 7.13. The first-order valence-electron chi connectivity index (χ1n) is 7.65. The first-order valence-corrected chi connectivity index (χ1v) is 8.91. The molecule has 0 aliphatic rings. The molecule has 0 aliphatic heterocycles. The van der Waals surface area contributed by atoms with Crippen molar-refractivity contribution in [1.82, 2.24) is 15.0 Å². The van der Waals surface area contributed by atoms with E-state index in [0.717, 1.165) is 27.6 Å². The second-order valence-electron chi connectivity index (χ2n) is 5.30. The topological polar surface area (TPSA) is 50.7 Å².